The zero-order chi connectivity index (χ0) is 14.1. The first kappa shape index (κ1) is 13.5. The molecular weight excluding hydrogens is 274 g/mol. The zero-order valence-electron chi connectivity index (χ0n) is 11.7. The molecule has 0 N–H and O–H groups in total. The first-order chi connectivity index (χ1) is 9.65. The lowest BCUT2D eigenvalue weighted by molar-refractivity contribution is -0.143. The Labute approximate surface area is 122 Å². The fourth-order valence-electron chi connectivity index (χ4n) is 3.02. The lowest BCUT2D eigenvalue weighted by Crippen LogP contribution is -2.49. The molecule has 6 heteroatoms. The van der Waals surface area contributed by atoms with Gasteiger partial charge < -0.3 is 9.80 Å². The molecule has 0 saturated carbocycles. The van der Waals surface area contributed by atoms with Gasteiger partial charge in [-0.25, -0.2) is 4.98 Å². The van der Waals surface area contributed by atoms with E-state index in [0.717, 1.165) is 36.5 Å². The normalized spacial score (nSPS) is 23.8. The third-order valence-corrected chi connectivity index (χ3v) is 4.86. The number of carbonyl (C=O) groups excluding carboxylic acids is 2. The van der Waals surface area contributed by atoms with Crippen molar-refractivity contribution < 1.29 is 9.59 Å². The molecule has 2 aliphatic rings. The number of thiazole rings is 1. The van der Waals surface area contributed by atoms with Gasteiger partial charge in [0.15, 0.2) is 0 Å². The van der Waals surface area contributed by atoms with E-state index in [-0.39, 0.29) is 17.9 Å². The molecule has 0 aliphatic carbocycles. The molecule has 108 valence electrons. The number of piperidine rings is 1. The van der Waals surface area contributed by atoms with Gasteiger partial charge in [-0.05, 0) is 26.2 Å². The quantitative estimate of drug-likeness (QED) is 0.831. The second-order valence-electron chi connectivity index (χ2n) is 5.47. The van der Waals surface area contributed by atoms with Gasteiger partial charge in [-0.1, -0.05) is 0 Å². The Morgan fingerprint density at radius 3 is 2.95 bits per heavy atom. The van der Waals surface area contributed by atoms with Crippen molar-refractivity contribution in [3.8, 4) is 0 Å². The minimum absolute atomic E-state index is 0.0983. The van der Waals surface area contributed by atoms with Crippen molar-refractivity contribution in [1.82, 2.24) is 14.8 Å². The standard InChI is InChI=1S/C14H19N3O2S/c1-10-15-11(9-20-10)8-16-7-5-13(18)17-6-3-2-4-12(17)14(16)19/h9,12H,2-8H2,1H3. The summed E-state index contributed by atoms with van der Waals surface area (Å²) in [5.74, 6) is 0.223. The molecule has 2 saturated heterocycles. The first-order valence-corrected chi connectivity index (χ1v) is 8.02. The molecule has 3 rings (SSSR count). The molecule has 3 heterocycles. The van der Waals surface area contributed by atoms with E-state index in [0.29, 0.717) is 19.5 Å². The van der Waals surface area contributed by atoms with Gasteiger partial charge in [0.25, 0.3) is 0 Å². The average molecular weight is 293 g/mol. The molecule has 2 fully saturated rings. The van der Waals surface area contributed by atoms with E-state index in [1.807, 2.05) is 17.2 Å². The second kappa shape index (κ2) is 5.52. The maximum Gasteiger partial charge on any atom is 0.245 e. The molecule has 1 atom stereocenters. The van der Waals surface area contributed by atoms with Crippen molar-refractivity contribution >= 4 is 23.2 Å². The highest BCUT2D eigenvalue weighted by Crippen LogP contribution is 2.24. The topological polar surface area (TPSA) is 53.5 Å². The van der Waals surface area contributed by atoms with Crippen LogP contribution in [-0.2, 0) is 16.1 Å². The second-order valence-corrected chi connectivity index (χ2v) is 6.53. The number of aromatic nitrogens is 1. The maximum atomic E-state index is 12.6. The van der Waals surface area contributed by atoms with Crippen LogP contribution >= 0.6 is 11.3 Å². The van der Waals surface area contributed by atoms with Crippen LogP contribution < -0.4 is 0 Å². The Bertz CT molecular complexity index is 528. The fraction of sp³-hybridized carbons (Fsp3) is 0.643. The predicted octanol–water partition coefficient (Wildman–Crippen LogP) is 1.56. The zero-order valence-corrected chi connectivity index (χ0v) is 12.5. The Morgan fingerprint density at radius 2 is 2.20 bits per heavy atom. The highest BCUT2D eigenvalue weighted by atomic mass is 32.1. The van der Waals surface area contributed by atoms with Crippen LogP contribution in [0.25, 0.3) is 0 Å². The number of nitrogens with zero attached hydrogens (tertiary/aromatic N) is 3. The lowest BCUT2D eigenvalue weighted by atomic mass is 10.0. The molecule has 0 aromatic carbocycles. The maximum absolute atomic E-state index is 12.6. The molecule has 2 aliphatic heterocycles. The largest absolute Gasteiger partial charge is 0.334 e. The smallest absolute Gasteiger partial charge is 0.245 e. The monoisotopic (exact) mass is 293 g/mol. The molecule has 0 spiro atoms. The van der Waals surface area contributed by atoms with Crippen molar-refractivity contribution in [2.45, 2.75) is 45.2 Å². The number of fused-ring (bicyclic) bond motifs is 1. The van der Waals surface area contributed by atoms with Gasteiger partial charge in [0.1, 0.15) is 6.04 Å². The van der Waals surface area contributed by atoms with Crippen molar-refractivity contribution in [2.75, 3.05) is 13.1 Å². The molecule has 1 aromatic heterocycles. The van der Waals surface area contributed by atoms with E-state index in [4.69, 9.17) is 0 Å². The highest BCUT2D eigenvalue weighted by molar-refractivity contribution is 7.09. The molecule has 0 radical (unpaired) electrons. The van der Waals surface area contributed by atoms with Crippen LogP contribution in [0.3, 0.4) is 0 Å². The summed E-state index contributed by atoms with van der Waals surface area (Å²) >= 11 is 1.60. The summed E-state index contributed by atoms with van der Waals surface area (Å²) in [4.78, 5) is 32.8. The van der Waals surface area contributed by atoms with Gasteiger partial charge in [-0.2, -0.15) is 0 Å². The van der Waals surface area contributed by atoms with Crippen molar-refractivity contribution in [1.29, 1.82) is 0 Å². The average Bonchev–Trinajstić information content (AvgIpc) is 2.82. The number of amides is 2. The Balaban J connectivity index is 1.78. The van der Waals surface area contributed by atoms with Gasteiger partial charge >= 0.3 is 0 Å². The lowest BCUT2D eigenvalue weighted by Gasteiger charge is -2.34. The number of carbonyl (C=O) groups is 2. The molecule has 0 bridgehead atoms. The van der Waals surface area contributed by atoms with Crippen LogP contribution in [-0.4, -0.2) is 45.7 Å². The molecule has 2 amide bonds. The third-order valence-electron chi connectivity index (χ3n) is 4.03. The Hall–Kier alpha value is -1.43. The molecular formula is C14H19N3O2S. The number of hydrogen-bond acceptors (Lipinski definition) is 4. The summed E-state index contributed by atoms with van der Waals surface area (Å²) in [7, 11) is 0. The van der Waals surface area contributed by atoms with Crippen LogP contribution in [0.1, 0.15) is 36.4 Å². The van der Waals surface area contributed by atoms with Crippen molar-refractivity contribution in [3.63, 3.8) is 0 Å². The predicted molar refractivity (Wildman–Crippen MR) is 76.2 cm³/mol. The van der Waals surface area contributed by atoms with Crippen LogP contribution in [0.4, 0.5) is 0 Å². The number of aryl methyl sites for hydroxylation is 1. The Kier molecular flexibility index (Phi) is 3.74. The van der Waals surface area contributed by atoms with Crippen LogP contribution in [0, 0.1) is 6.92 Å². The molecule has 20 heavy (non-hydrogen) atoms. The van der Waals surface area contributed by atoms with E-state index in [1.165, 1.54) is 0 Å². The van der Waals surface area contributed by atoms with Gasteiger partial charge in [0, 0.05) is 24.9 Å². The van der Waals surface area contributed by atoms with E-state index in [1.54, 1.807) is 16.2 Å². The highest BCUT2D eigenvalue weighted by Gasteiger charge is 2.37. The molecule has 1 unspecified atom stereocenters. The van der Waals surface area contributed by atoms with Gasteiger partial charge in [0.05, 0.1) is 17.2 Å². The minimum atomic E-state index is -0.238. The van der Waals surface area contributed by atoms with E-state index in [2.05, 4.69) is 4.98 Å². The fourth-order valence-corrected chi connectivity index (χ4v) is 3.62. The summed E-state index contributed by atoms with van der Waals surface area (Å²) in [6.07, 6.45) is 3.28. The number of rotatable bonds is 2. The summed E-state index contributed by atoms with van der Waals surface area (Å²) in [5, 5.41) is 3.01. The SMILES string of the molecule is Cc1nc(CN2CCC(=O)N3CCCCC3C2=O)cs1. The minimum Gasteiger partial charge on any atom is -0.334 e. The summed E-state index contributed by atoms with van der Waals surface area (Å²) in [6.45, 7) is 3.74. The summed E-state index contributed by atoms with van der Waals surface area (Å²) in [6, 6.07) is -0.238. The van der Waals surface area contributed by atoms with Crippen LogP contribution in [0.5, 0.6) is 0 Å². The summed E-state index contributed by atoms with van der Waals surface area (Å²) < 4.78 is 0. The molecule has 1 aromatic rings. The van der Waals surface area contributed by atoms with Gasteiger partial charge in [-0.15, -0.1) is 11.3 Å². The first-order valence-electron chi connectivity index (χ1n) is 7.14. The third kappa shape index (κ3) is 2.57. The Morgan fingerprint density at radius 1 is 1.35 bits per heavy atom. The van der Waals surface area contributed by atoms with Crippen LogP contribution in [0.2, 0.25) is 0 Å². The summed E-state index contributed by atoms with van der Waals surface area (Å²) in [5.41, 5.74) is 0.928. The van der Waals surface area contributed by atoms with Gasteiger partial charge in [0.2, 0.25) is 11.8 Å². The van der Waals surface area contributed by atoms with E-state index >= 15 is 0 Å². The van der Waals surface area contributed by atoms with E-state index < -0.39 is 0 Å². The van der Waals surface area contributed by atoms with Gasteiger partial charge in [-0.3, -0.25) is 9.59 Å². The van der Waals surface area contributed by atoms with Crippen LogP contribution in [0.15, 0.2) is 5.38 Å². The van der Waals surface area contributed by atoms with E-state index in [9.17, 15) is 9.59 Å². The van der Waals surface area contributed by atoms with Crippen molar-refractivity contribution in [3.05, 3.63) is 16.1 Å². The number of hydrogen-bond donors (Lipinski definition) is 0. The van der Waals surface area contributed by atoms with Crippen molar-refractivity contribution in [2.24, 2.45) is 0 Å². The molecule has 5 nitrogen and oxygen atoms in total.